The highest BCUT2D eigenvalue weighted by atomic mass is 79.9. The number of nitrogens with one attached hydrogen (secondary N) is 2. The first-order valence-corrected chi connectivity index (χ1v) is 14.1. The molecule has 35 heavy (non-hydrogen) atoms. The van der Waals surface area contributed by atoms with Crippen LogP contribution in [0.2, 0.25) is 0 Å². The Morgan fingerprint density at radius 1 is 1.29 bits per heavy atom. The first-order valence-electron chi connectivity index (χ1n) is 12.3. The van der Waals surface area contributed by atoms with Crippen molar-refractivity contribution in [2.45, 2.75) is 66.9 Å². The predicted molar refractivity (Wildman–Crippen MR) is 140 cm³/mol. The van der Waals surface area contributed by atoms with Gasteiger partial charge in [0.15, 0.2) is 0 Å². The van der Waals surface area contributed by atoms with Crippen molar-refractivity contribution in [1.29, 1.82) is 0 Å². The van der Waals surface area contributed by atoms with E-state index in [1.807, 2.05) is 13.8 Å². The molecule has 0 radical (unpaired) electrons. The van der Waals surface area contributed by atoms with E-state index in [0.717, 1.165) is 18.6 Å². The molecule has 3 N–H and O–H groups in total. The zero-order valence-corrected chi connectivity index (χ0v) is 22.7. The highest BCUT2D eigenvalue weighted by molar-refractivity contribution is 9.09. The number of rotatable bonds is 10. The highest BCUT2D eigenvalue weighted by Gasteiger charge is 2.75. The van der Waals surface area contributed by atoms with Crippen molar-refractivity contribution in [2.24, 2.45) is 11.8 Å². The van der Waals surface area contributed by atoms with Crippen molar-refractivity contribution in [3.8, 4) is 5.75 Å². The summed E-state index contributed by atoms with van der Waals surface area (Å²) >= 11 is 5.34. The molecule has 3 amide bonds. The fourth-order valence-electron chi connectivity index (χ4n) is 5.93. The molecule has 1 spiro atoms. The van der Waals surface area contributed by atoms with Crippen LogP contribution in [-0.4, -0.2) is 74.4 Å². The van der Waals surface area contributed by atoms with E-state index in [0.29, 0.717) is 18.7 Å². The number of β-amino-alcohol motifs (C(OH)–C–C–N with tert-alkyl or cyclic N) is 1. The molecule has 3 fully saturated rings. The third-order valence-electron chi connectivity index (χ3n) is 7.22. The summed E-state index contributed by atoms with van der Waals surface area (Å²) in [5.41, 5.74) is 0.631. The molecule has 4 rings (SSSR count). The minimum absolute atomic E-state index is 0.00470. The summed E-state index contributed by atoms with van der Waals surface area (Å²) in [6.07, 6.45) is 2.40. The Labute approximate surface area is 219 Å². The minimum Gasteiger partial charge on any atom is -0.494 e. The van der Waals surface area contributed by atoms with Gasteiger partial charge in [0.05, 0.1) is 29.8 Å². The summed E-state index contributed by atoms with van der Waals surface area (Å²) in [5.74, 6) is -1.11. The maximum absolute atomic E-state index is 13.7. The molecular formula is C25H34BrN3O5S. The number of fused-ring (bicyclic) bond motifs is 1. The Hall–Kier alpha value is -1.78. The van der Waals surface area contributed by atoms with Crippen molar-refractivity contribution in [2.75, 3.05) is 25.1 Å². The molecule has 3 saturated heterocycles. The van der Waals surface area contributed by atoms with Crippen molar-refractivity contribution >= 4 is 51.1 Å². The fraction of sp³-hybridized carbons (Fsp3) is 0.640. The van der Waals surface area contributed by atoms with E-state index in [1.54, 1.807) is 36.0 Å². The van der Waals surface area contributed by atoms with Gasteiger partial charge in [0.2, 0.25) is 17.7 Å². The van der Waals surface area contributed by atoms with E-state index in [4.69, 9.17) is 4.74 Å². The number of hydrogen-bond donors (Lipinski definition) is 3. The summed E-state index contributed by atoms with van der Waals surface area (Å²) < 4.78 is 4.76. The van der Waals surface area contributed by atoms with Gasteiger partial charge in [0.25, 0.3) is 0 Å². The highest BCUT2D eigenvalue weighted by Crippen LogP contribution is 2.67. The molecule has 3 heterocycles. The molecule has 2 bridgehead atoms. The van der Waals surface area contributed by atoms with Gasteiger partial charge in [0.1, 0.15) is 11.8 Å². The summed E-state index contributed by atoms with van der Waals surface area (Å²) in [5, 5.41) is 15.6. The van der Waals surface area contributed by atoms with Crippen LogP contribution in [0.15, 0.2) is 24.3 Å². The topological polar surface area (TPSA) is 108 Å². The number of carbonyl (C=O) groups excluding carboxylic acids is 3. The smallest absolute Gasteiger partial charge is 0.244 e. The Bertz CT molecular complexity index is 963. The third kappa shape index (κ3) is 4.69. The van der Waals surface area contributed by atoms with Gasteiger partial charge in [-0.05, 0) is 51.0 Å². The van der Waals surface area contributed by atoms with Crippen LogP contribution >= 0.6 is 27.7 Å². The molecule has 10 heteroatoms. The standard InChI is InChI=1S/C25H34BrN3O5S/c1-4-6-14(3)27-23(32)21-25-13-17(26)20(35-25)18(19(25)24(33)29(21)11-12-30)22(31)28-15-7-9-16(10-8-15)34-5-2/h7-10,14,17-21,30H,4-6,11-13H2,1-3H3,(H,27,32)(H,28,31)/t14?,17?,18-,19+,20-,21?,25?/m1/s1. The van der Waals surface area contributed by atoms with E-state index < -0.39 is 22.6 Å². The van der Waals surface area contributed by atoms with Gasteiger partial charge in [-0.15, -0.1) is 11.8 Å². The van der Waals surface area contributed by atoms with Gasteiger partial charge >= 0.3 is 0 Å². The van der Waals surface area contributed by atoms with Crippen LogP contribution in [0.1, 0.15) is 40.0 Å². The number of ether oxygens (including phenoxy) is 1. The van der Waals surface area contributed by atoms with Crippen LogP contribution in [0, 0.1) is 11.8 Å². The second-order valence-corrected chi connectivity index (χ2v) is 12.3. The summed E-state index contributed by atoms with van der Waals surface area (Å²) in [6.45, 7) is 6.32. The Kier molecular flexibility index (Phi) is 8.02. The summed E-state index contributed by atoms with van der Waals surface area (Å²) in [6, 6.07) is 6.42. The lowest BCUT2D eigenvalue weighted by molar-refractivity contribution is -0.139. The number of hydrogen-bond acceptors (Lipinski definition) is 6. The third-order valence-corrected chi connectivity index (χ3v) is 10.4. The number of benzene rings is 1. The molecule has 1 aromatic carbocycles. The number of carbonyl (C=O) groups is 3. The average molecular weight is 569 g/mol. The maximum atomic E-state index is 13.7. The maximum Gasteiger partial charge on any atom is 0.244 e. The minimum atomic E-state index is -0.718. The van der Waals surface area contributed by atoms with Crippen LogP contribution in [0.25, 0.3) is 0 Å². The van der Waals surface area contributed by atoms with Crippen LogP contribution in [0.4, 0.5) is 5.69 Å². The molecule has 3 aliphatic heterocycles. The van der Waals surface area contributed by atoms with Gasteiger partial charge in [-0.25, -0.2) is 0 Å². The predicted octanol–water partition coefficient (Wildman–Crippen LogP) is 2.79. The second-order valence-electron chi connectivity index (χ2n) is 9.56. The SMILES string of the molecule is CCCC(C)NC(=O)C1N(CCO)C(=O)[C@@H]2[C@@H](C(=O)Nc3ccc(OCC)cc3)[C@@H]3SC12CC3Br. The largest absolute Gasteiger partial charge is 0.494 e. The first kappa shape index (κ1) is 26.3. The molecule has 3 aliphatic rings. The quantitative estimate of drug-likeness (QED) is 0.375. The molecule has 8 nitrogen and oxygen atoms in total. The Morgan fingerprint density at radius 2 is 2.00 bits per heavy atom. The lowest BCUT2D eigenvalue weighted by atomic mass is 9.70. The lowest BCUT2D eigenvalue weighted by Gasteiger charge is -2.35. The number of aliphatic hydroxyl groups is 1. The molecule has 0 saturated carbocycles. The average Bonchev–Trinajstić information content (AvgIpc) is 3.39. The number of thioether (sulfide) groups is 1. The molecule has 192 valence electrons. The molecule has 0 aromatic heterocycles. The van der Waals surface area contributed by atoms with Crippen molar-refractivity contribution in [1.82, 2.24) is 10.2 Å². The van der Waals surface area contributed by atoms with Crippen molar-refractivity contribution in [3.63, 3.8) is 0 Å². The number of aliphatic hydroxyl groups excluding tert-OH is 1. The monoisotopic (exact) mass is 567 g/mol. The van der Waals surface area contributed by atoms with Gasteiger partial charge in [-0.1, -0.05) is 29.3 Å². The molecule has 4 unspecified atom stereocenters. The zero-order valence-electron chi connectivity index (χ0n) is 20.3. The van der Waals surface area contributed by atoms with E-state index in [-0.39, 0.29) is 47.0 Å². The number of halogens is 1. The van der Waals surface area contributed by atoms with Crippen LogP contribution in [-0.2, 0) is 14.4 Å². The van der Waals surface area contributed by atoms with Gasteiger partial charge in [-0.2, -0.15) is 0 Å². The molecular weight excluding hydrogens is 534 g/mol. The van der Waals surface area contributed by atoms with Gasteiger partial charge in [-0.3, -0.25) is 14.4 Å². The van der Waals surface area contributed by atoms with Crippen molar-refractivity contribution < 1.29 is 24.2 Å². The number of amides is 3. The van der Waals surface area contributed by atoms with Crippen LogP contribution < -0.4 is 15.4 Å². The Balaban J connectivity index is 1.61. The molecule has 7 atom stereocenters. The number of nitrogens with zero attached hydrogens (tertiary/aromatic N) is 1. The first-order chi connectivity index (χ1) is 16.8. The Morgan fingerprint density at radius 3 is 2.63 bits per heavy atom. The number of likely N-dealkylation sites (tertiary alicyclic amines) is 1. The van der Waals surface area contributed by atoms with Crippen LogP contribution in [0.3, 0.4) is 0 Å². The van der Waals surface area contributed by atoms with E-state index in [9.17, 15) is 19.5 Å². The number of anilines is 1. The second kappa shape index (κ2) is 10.7. The van der Waals surface area contributed by atoms with Crippen LogP contribution in [0.5, 0.6) is 5.75 Å². The van der Waals surface area contributed by atoms with E-state index in [2.05, 4.69) is 33.5 Å². The lowest BCUT2D eigenvalue weighted by Crippen LogP contribution is -2.56. The van der Waals surface area contributed by atoms with Gasteiger partial charge in [0, 0.05) is 28.4 Å². The summed E-state index contributed by atoms with van der Waals surface area (Å²) in [7, 11) is 0. The van der Waals surface area contributed by atoms with Gasteiger partial charge < -0.3 is 25.4 Å². The fourth-order valence-corrected chi connectivity index (χ4v) is 9.55. The van der Waals surface area contributed by atoms with E-state index >= 15 is 0 Å². The zero-order chi connectivity index (χ0) is 25.3. The van der Waals surface area contributed by atoms with Crippen molar-refractivity contribution in [3.05, 3.63) is 24.3 Å². The number of alkyl halides is 1. The normalized spacial score (nSPS) is 31.9. The molecule has 0 aliphatic carbocycles. The summed E-state index contributed by atoms with van der Waals surface area (Å²) in [4.78, 5) is 42.3. The van der Waals surface area contributed by atoms with E-state index in [1.165, 1.54) is 4.90 Å². The molecule has 1 aromatic rings.